The lowest BCUT2D eigenvalue weighted by Crippen LogP contribution is -2.35. The van der Waals surface area contributed by atoms with Gasteiger partial charge >= 0.3 is 0 Å². The Balaban J connectivity index is 1.68. The molecule has 0 spiro atoms. The lowest BCUT2D eigenvalue weighted by Gasteiger charge is -2.32. The van der Waals surface area contributed by atoms with Crippen LogP contribution in [0.25, 0.3) is 0 Å². The molecule has 0 saturated carbocycles. The lowest BCUT2D eigenvalue weighted by atomic mass is 9.96. The van der Waals surface area contributed by atoms with E-state index < -0.39 is 0 Å². The molecule has 120 valence electrons. The molecule has 1 atom stereocenters. The van der Waals surface area contributed by atoms with Crippen LogP contribution in [0.5, 0.6) is 0 Å². The molecule has 1 aliphatic rings. The van der Waals surface area contributed by atoms with Crippen molar-refractivity contribution in [2.45, 2.75) is 52.1 Å². The molecule has 0 aromatic carbocycles. The molecule has 0 radical (unpaired) electrons. The van der Waals surface area contributed by atoms with Crippen molar-refractivity contribution >= 4 is 0 Å². The molecular formula is C16H26N6. The number of aromatic nitrogens is 5. The van der Waals surface area contributed by atoms with Gasteiger partial charge in [0, 0.05) is 44.4 Å². The van der Waals surface area contributed by atoms with Crippen LogP contribution in [0.3, 0.4) is 0 Å². The van der Waals surface area contributed by atoms with Crippen molar-refractivity contribution in [3.8, 4) is 0 Å². The van der Waals surface area contributed by atoms with E-state index in [9.17, 15) is 0 Å². The molecule has 2 aromatic rings. The summed E-state index contributed by atoms with van der Waals surface area (Å²) in [4.78, 5) is 2.53. The van der Waals surface area contributed by atoms with Gasteiger partial charge in [0.2, 0.25) is 0 Å². The van der Waals surface area contributed by atoms with Gasteiger partial charge in [0.05, 0.1) is 5.69 Å². The van der Waals surface area contributed by atoms with Gasteiger partial charge in [-0.2, -0.15) is 5.10 Å². The van der Waals surface area contributed by atoms with E-state index in [-0.39, 0.29) is 0 Å². The van der Waals surface area contributed by atoms with Crippen molar-refractivity contribution in [2.75, 3.05) is 13.1 Å². The summed E-state index contributed by atoms with van der Waals surface area (Å²) in [7, 11) is 1.99. The van der Waals surface area contributed by atoms with Crippen LogP contribution >= 0.6 is 0 Å². The van der Waals surface area contributed by atoms with E-state index in [1.165, 1.54) is 18.4 Å². The Morgan fingerprint density at radius 2 is 2.23 bits per heavy atom. The van der Waals surface area contributed by atoms with Gasteiger partial charge in [0.1, 0.15) is 12.2 Å². The second kappa shape index (κ2) is 6.60. The maximum Gasteiger partial charge on any atom is 0.137 e. The van der Waals surface area contributed by atoms with E-state index in [4.69, 9.17) is 0 Å². The van der Waals surface area contributed by atoms with E-state index >= 15 is 0 Å². The first kappa shape index (κ1) is 15.2. The fourth-order valence-electron chi connectivity index (χ4n) is 3.45. The zero-order valence-corrected chi connectivity index (χ0v) is 13.9. The van der Waals surface area contributed by atoms with Crippen LogP contribution in [0, 0.1) is 6.92 Å². The highest BCUT2D eigenvalue weighted by molar-refractivity contribution is 5.15. The fourth-order valence-corrected chi connectivity index (χ4v) is 3.45. The summed E-state index contributed by atoms with van der Waals surface area (Å²) >= 11 is 0. The predicted octanol–water partition coefficient (Wildman–Crippen LogP) is 2.11. The molecule has 0 amide bonds. The van der Waals surface area contributed by atoms with E-state index in [2.05, 4.69) is 44.8 Å². The third kappa shape index (κ3) is 3.21. The highest BCUT2D eigenvalue weighted by Crippen LogP contribution is 2.26. The van der Waals surface area contributed by atoms with Crippen molar-refractivity contribution in [1.29, 1.82) is 0 Å². The van der Waals surface area contributed by atoms with Crippen LogP contribution in [0.1, 0.15) is 49.2 Å². The number of nitrogens with zero attached hydrogens (tertiary/aromatic N) is 6. The second-order valence-corrected chi connectivity index (χ2v) is 6.37. The molecule has 6 heteroatoms. The van der Waals surface area contributed by atoms with Crippen molar-refractivity contribution in [2.24, 2.45) is 7.05 Å². The molecule has 22 heavy (non-hydrogen) atoms. The van der Waals surface area contributed by atoms with Gasteiger partial charge in [-0.1, -0.05) is 6.92 Å². The maximum absolute atomic E-state index is 4.45. The van der Waals surface area contributed by atoms with E-state index in [0.717, 1.165) is 44.1 Å². The quantitative estimate of drug-likeness (QED) is 0.849. The summed E-state index contributed by atoms with van der Waals surface area (Å²) in [5.41, 5.74) is 2.47. The van der Waals surface area contributed by atoms with Crippen LogP contribution in [0.2, 0.25) is 0 Å². The van der Waals surface area contributed by atoms with Crippen molar-refractivity contribution in [1.82, 2.24) is 29.4 Å². The minimum Gasteiger partial charge on any atom is -0.317 e. The molecule has 1 aliphatic heterocycles. The van der Waals surface area contributed by atoms with E-state index in [1.807, 2.05) is 18.1 Å². The van der Waals surface area contributed by atoms with Gasteiger partial charge in [-0.3, -0.25) is 9.58 Å². The molecule has 0 unspecified atom stereocenters. The third-order valence-corrected chi connectivity index (χ3v) is 4.49. The summed E-state index contributed by atoms with van der Waals surface area (Å²) in [6.45, 7) is 8.51. The fraction of sp³-hybridized carbons (Fsp3) is 0.688. The van der Waals surface area contributed by atoms with Crippen molar-refractivity contribution in [3.05, 3.63) is 29.6 Å². The molecular weight excluding hydrogens is 276 g/mol. The topological polar surface area (TPSA) is 51.8 Å². The molecule has 1 fully saturated rings. The van der Waals surface area contributed by atoms with Gasteiger partial charge < -0.3 is 4.57 Å². The van der Waals surface area contributed by atoms with Gasteiger partial charge in [-0.15, -0.1) is 10.2 Å². The summed E-state index contributed by atoms with van der Waals surface area (Å²) in [6, 6.07) is 0. The largest absolute Gasteiger partial charge is 0.317 e. The Bertz CT molecular complexity index is 614. The molecule has 0 bridgehead atoms. The smallest absolute Gasteiger partial charge is 0.137 e. The number of aryl methyl sites for hydroxylation is 3. The van der Waals surface area contributed by atoms with Crippen LogP contribution in [-0.4, -0.2) is 42.5 Å². The van der Waals surface area contributed by atoms with E-state index in [0.29, 0.717) is 5.92 Å². The molecule has 3 heterocycles. The van der Waals surface area contributed by atoms with Gasteiger partial charge in [-0.05, 0) is 32.7 Å². The third-order valence-electron chi connectivity index (χ3n) is 4.49. The first-order valence-electron chi connectivity index (χ1n) is 8.26. The average molecular weight is 302 g/mol. The Morgan fingerprint density at radius 3 is 2.95 bits per heavy atom. The maximum atomic E-state index is 4.45. The summed E-state index contributed by atoms with van der Waals surface area (Å²) in [5, 5.41) is 13.0. The molecule has 6 nitrogen and oxygen atoms in total. The van der Waals surface area contributed by atoms with E-state index in [1.54, 1.807) is 0 Å². The zero-order chi connectivity index (χ0) is 15.5. The molecule has 2 aromatic heterocycles. The number of hydrogen-bond donors (Lipinski definition) is 0. The van der Waals surface area contributed by atoms with Gasteiger partial charge in [0.25, 0.3) is 0 Å². The normalized spacial score (nSPS) is 19.7. The van der Waals surface area contributed by atoms with Crippen LogP contribution in [-0.2, 0) is 20.1 Å². The molecule has 0 aliphatic carbocycles. The molecule has 3 rings (SSSR count). The average Bonchev–Trinajstić information content (AvgIpc) is 3.07. The predicted molar refractivity (Wildman–Crippen MR) is 85.5 cm³/mol. The Morgan fingerprint density at radius 1 is 1.36 bits per heavy atom. The highest BCUT2D eigenvalue weighted by atomic mass is 15.3. The summed E-state index contributed by atoms with van der Waals surface area (Å²) in [6.07, 6.45) is 7.58. The van der Waals surface area contributed by atoms with Gasteiger partial charge in [0.15, 0.2) is 0 Å². The number of hydrogen-bond acceptors (Lipinski definition) is 4. The first-order valence-corrected chi connectivity index (χ1v) is 8.26. The van der Waals surface area contributed by atoms with Crippen LogP contribution in [0.15, 0.2) is 12.5 Å². The lowest BCUT2D eigenvalue weighted by molar-refractivity contribution is 0.194. The monoisotopic (exact) mass is 302 g/mol. The van der Waals surface area contributed by atoms with Crippen LogP contribution < -0.4 is 0 Å². The summed E-state index contributed by atoms with van der Waals surface area (Å²) < 4.78 is 4.13. The standard InChI is InChI=1S/C16H26N6/c1-4-7-22-12-17-18-16(22)14-6-5-8-21(10-14)11-15-9-20(3)19-13(15)2/h9,12,14H,4-8,10-11H2,1-3H3/t14-/m1/s1. The van der Waals surface area contributed by atoms with Crippen molar-refractivity contribution < 1.29 is 0 Å². The number of rotatable bonds is 5. The summed E-state index contributed by atoms with van der Waals surface area (Å²) in [5.74, 6) is 1.66. The van der Waals surface area contributed by atoms with Crippen LogP contribution in [0.4, 0.5) is 0 Å². The molecule has 0 N–H and O–H groups in total. The van der Waals surface area contributed by atoms with Crippen molar-refractivity contribution in [3.63, 3.8) is 0 Å². The minimum atomic E-state index is 0.500. The zero-order valence-electron chi connectivity index (χ0n) is 13.9. The number of piperidine rings is 1. The first-order chi connectivity index (χ1) is 10.7. The van der Waals surface area contributed by atoms with Gasteiger partial charge in [-0.25, -0.2) is 0 Å². The molecule has 1 saturated heterocycles. The Kier molecular flexibility index (Phi) is 4.57. The Hall–Kier alpha value is -1.69. The Labute approximate surface area is 132 Å². The number of likely N-dealkylation sites (tertiary alicyclic amines) is 1. The SMILES string of the molecule is CCCn1cnnc1[C@@H]1CCCN(Cc2cn(C)nc2C)C1. The highest BCUT2D eigenvalue weighted by Gasteiger charge is 2.25. The minimum absolute atomic E-state index is 0.500. The second-order valence-electron chi connectivity index (χ2n) is 6.37.